The third-order valence-electron chi connectivity index (χ3n) is 4.53. The summed E-state index contributed by atoms with van der Waals surface area (Å²) in [6.07, 6.45) is 1.48. The fourth-order valence-corrected chi connectivity index (χ4v) is 3.15. The minimum Gasteiger partial charge on any atom is -0.447 e. The number of carbonyl (C=O) groups excluding carboxylic acids is 2. The summed E-state index contributed by atoms with van der Waals surface area (Å²) in [6.45, 7) is 6.60. The summed E-state index contributed by atoms with van der Waals surface area (Å²) in [5.41, 5.74) is 2.35. The van der Waals surface area contributed by atoms with Gasteiger partial charge in [-0.05, 0) is 63.3 Å². The highest BCUT2D eigenvalue weighted by molar-refractivity contribution is 5.89. The van der Waals surface area contributed by atoms with Gasteiger partial charge in [0.15, 0.2) is 0 Å². The number of rotatable bonds is 4. The van der Waals surface area contributed by atoms with E-state index in [4.69, 9.17) is 9.47 Å². The smallest absolute Gasteiger partial charge is 0.415 e. The van der Waals surface area contributed by atoms with E-state index in [-0.39, 0.29) is 18.2 Å². The molecule has 8 nitrogen and oxygen atoms in total. The SMILES string of the molecule is CC(C)(C)NC(=O)OCc1cc2cc(C3CC3)cc(N3CCOC3=O)n2n1. The van der Waals surface area contributed by atoms with Crippen LogP contribution in [0.3, 0.4) is 0 Å². The Morgan fingerprint density at radius 3 is 2.74 bits per heavy atom. The van der Waals surface area contributed by atoms with Crippen LogP contribution in [0.1, 0.15) is 50.8 Å². The maximum absolute atomic E-state index is 12.1. The molecule has 27 heavy (non-hydrogen) atoms. The summed E-state index contributed by atoms with van der Waals surface area (Å²) in [7, 11) is 0. The summed E-state index contributed by atoms with van der Waals surface area (Å²) in [5, 5.41) is 7.30. The van der Waals surface area contributed by atoms with E-state index in [9.17, 15) is 9.59 Å². The third-order valence-corrected chi connectivity index (χ3v) is 4.53. The van der Waals surface area contributed by atoms with Crippen molar-refractivity contribution in [2.75, 3.05) is 18.1 Å². The zero-order valence-corrected chi connectivity index (χ0v) is 15.8. The van der Waals surface area contributed by atoms with Crippen LogP contribution in [0.2, 0.25) is 0 Å². The monoisotopic (exact) mass is 372 g/mol. The average molecular weight is 372 g/mol. The molecule has 8 heteroatoms. The molecule has 2 fully saturated rings. The van der Waals surface area contributed by atoms with Gasteiger partial charge in [-0.1, -0.05) is 0 Å². The van der Waals surface area contributed by atoms with E-state index in [1.54, 1.807) is 9.42 Å². The normalized spacial score (nSPS) is 17.3. The van der Waals surface area contributed by atoms with Crippen LogP contribution in [0, 0.1) is 0 Å². The second kappa shape index (κ2) is 6.44. The lowest BCUT2D eigenvalue weighted by atomic mass is 10.1. The number of carbonyl (C=O) groups is 2. The molecule has 1 saturated heterocycles. The van der Waals surface area contributed by atoms with Crippen molar-refractivity contribution in [3.63, 3.8) is 0 Å². The van der Waals surface area contributed by atoms with Crippen LogP contribution < -0.4 is 10.2 Å². The Morgan fingerprint density at radius 2 is 2.11 bits per heavy atom. The summed E-state index contributed by atoms with van der Waals surface area (Å²) < 4.78 is 12.1. The fraction of sp³-hybridized carbons (Fsp3) is 0.526. The first-order valence-corrected chi connectivity index (χ1v) is 9.22. The number of aromatic nitrogens is 2. The molecule has 4 rings (SSSR count). The van der Waals surface area contributed by atoms with E-state index in [0.717, 1.165) is 18.4 Å². The minimum absolute atomic E-state index is 0.0617. The van der Waals surface area contributed by atoms with Gasteiger partial charge in [-0.25, -0.2) is 14.1 Å². The molecule has 1 aliphatic heterocycles. The molecule has 0 aromatic carbocycles. The number of cyclic esters (lactones) is 1. The minimum atomic E-state index is -0.485. The van der Waals surface area contributed by atoms with Crippen molar-refractivity contribution in [1.82, 2.24) is 14.9 Å². The number of fused-ring (bicyclic) bond motifs is 1. The Hall–Kier alpha value is -2.77. The van der Waals surface area contributed by atoms with Crippen molar-refractivity contribution < 1.29 is 19.1 Å². The van der Waals surface area contributed by atoms with Crippen molar-refractivity contribution in [2.24, 2.45) is 0 Å². The quantitative estimate of drug-likeness (QED) is 0.891. The third kappa shape index (κ3) is 3.84. The Labute approximate surface area is 157 Å². The summed E-state index contributed by atoms with van der Waals surface area (Å²) in [5.74, 6) is 1.24. The second-order valence-corrected chi connectivity index (χ2v) is 8.11. The van der Waals surface area contributed by atoms with Crippen molar-refractivity contribution in [1.29, 1.82) is 0 Å². The van der Waals surface area contributed by atoms with Gasteiger partial charge in [-0.3, -0.25) is 4.90 Å². The van der Waals surface area contributed by atoms with Gasteiger partial charge in [0.2, 0.25) is 0 Å². The number of nitrogens with zero attached hydrogens (tertiary/aromatic N) is 3. The number of ether oxygens (including phenoxy) is 2. The summed E-state index contributed by atoms with van der Waals surface area (Å²) in [4.78, 5) is 25.5. The highest BCUT2D eigenvalue weighted by atomic mass is 16.6. The van der Waals surface area contributed by atoms with Gasteiger partial charge in [-0.15, -0.1) is 0 Å². The van der Waals surface area contributed by atoms with Crippen molar-refractivity contribution in [3.05, 3.63) is 29.5 Å². The molecule has 1 N–H and O–H groups in total. The maximum Gasteiger partial charge on any atom is 0.415 e. The van der Waals surface area contributed by atoms with Crippen molar-refractivity contribution in [2.45, 2.75) is 51.7 Å². The van der Waals surface area contributed by atoms with Crippen LogP contribution in [0.5, 0.6) is 0 Å². The van der Waals surface area contributed by atoms with Crippen LogP contribution in [-0.4, -0.2) is 40.5 Å². The number of alkyl carbamates (subject to hydrolysis) is 1. The van der Waals surface area contributed by atoms with Gasteiger partial charge in [0, 0.05) is 5.54 Å². The Bertz CT molecular complexity index is 895. The molecule has 0 radical (unpaired) electrons. The van der Waals surface area contributed by atoms with Gasteiger partial charge in [0.25, 0.3) is 0 Å². The van der Waals surface area contributed by atoms with E-state index >= 15 is 0 Å². The largest absolute Gasteiger partial charge is 0.447 e. The highest BCUT2D eigenvalue weighted by Gasteiger charge is 2.30. The van der Waals surface area contributed by atoms with Gasteiger partial charge in [-0.2, -0.15) is 5.10 Å². The number of hydrogen-bond acceptors (Lipinski definition) is 5. The Kier molecular flexibility index (Phi) is 4.20. The standard InChI is InChI=1S/C19H24N4O4/c1-19(2,3)20-17(24)27-11-14-10-15-8-13(12-4-5-12)9-16(23(15)21-14)22-6-7-26-18(22)25/h8-10,12H,4-7,11H2,1-3H3,(H,20,24). The zero-order chi connectivity index (χ0) is 19.2. The summed E-state index contributed by atoms with van der Waals surface area (Å²) in [6, 6.07) is 6.00. The van der Waals surface area contributed by atoms with Crippen molar-refractivity contribution in [3.8, 4) is 0 Å². The molecule has 2 amide bonds. The molecule has 0 atom stereocenters. The number of nitrogens with one attached hydrogen (secondary N) is 1. The molecule has 0 bridgehead atoms. The first-order chi connectivity index (χ1) is 12.8. The van der Waals surface area contributed by atoms with Crippen LogP contribution in [0.25, 0.3) is 5.52 Å². The molecule has 1 aliphatic carbocycles. The molecular weight excluding hydrogens is 348 g/mol. The lowest BCUT2D eigenvalue weighted by molar-refractivity contribution is 0.130. The van der Waals surface area contributed by atoms with Gasteiger partial charge in [0.05, 0.1) is 12.1 Å². The fourth-order valence-electron chi connectivity index (χ4n) is 3.15. The molecule has 2 aromatic rings. The average Bonchev–Trinajstić information content (AvgIpc) is 3.21. The molecule has 1 saturated carbocycles. The zero-order valence-electron chi connectivity index (χ0n) is 15.8. The Balaban J connectivity index is 1.60. The first kappa shape index (κ1) is 17.6. The molecule has 0 spiro atoms. The van der Waals surface area contributed by atoms with Gasteiger partial charge >= 0.3 is 12.2 Å². The van der Waals surface area contributed by atoms with Crippen LogP contribution in [0.15, 0.2) is 18.2 Å². The maximum atomic E-state index is 12.1. The van der Waals surface area contributed by atoms with E-state index < -0.39 is 6.09 Å². The molecule has 2 aliphatic rings. The van der Waals surface area contributed by atoms with E-state index in [0.29, 0.717) is 30.6 Å². The van der Waals surface area contributed by atoms with Crippen LogP contribution in [-0.2, 0) is 16.1 Å². The lowest BCUT2D eigenvalue weighted by Crippen LogP contribution is -2.40. The Morgan fingerprint density at radius 1 is 1.33 bits per heavy atom. The van der Waals surface area contributed by atoms with Gasteiger partial charge < -0.3 is 14.8 Å². The lowest BCUT2D eigenvalue weighted by Gasteiger charge is -2.19. The van der Waals surface area contributed by atoms with E-state index in [2.05, 4.69) is 16.5 Å². The highest BCUT2D eigenvalue weighted by Crippen LogP contribution is 2.42. The first-order valence-electron chi connectivity index (χ1n) is 9.22. The molecule has 2 aromatic heterocycles. The molecular formula is C19H24N4O4. The van der Waals surface area contributed by atoms with E-state index in [1.807, 2.05) is 32.9 Å². The summed E-state index contributed by atoms with van der Waals surface area (Å²) >= 11 is 0. The molecule has 0 unspecified atom stereocenters. The molecule has 3 heterocycles. The predicted octanol–water partition coefficient (Wildman–Crippen LogP) is 3.19. The number of anilines is 1. The van der Waals surface area contributed by atoms with Gasteiger partial charge in [0.1, 0.15) is 24.7 Å². The topological polar surface area (TPSA) is 85.2 Å². The second-order valence-electron chi connectivity index (χ2n) is 8.11. The number of hydrogen-bond donors (Lipinski definition) is 1. The molecule has 144 valence electrons. The van der Waals surface area contributed by atoms with Crippen LogP contribution >= 0.6 is 0 Å². The number of amides is 2. The van der Waals surface area contributed by atoms with E-state index in [1.165, 1.54) is 5.56 Å². The predicted molar refractivity (Wildman–Crippen MR) is 98.9 cm³/mol. The number of pyridine rings is 1. The van der Waals surface area contributed by atoms with Crippen LogP contribution in [0.4, 0.5) is 15.4 Å². The van der Waals surface area contributed by atoms with Crippen molar-refractivity contribution >= 4 is 23.5 Å².